The lowest BCUT2D eigenvalue weighted by Gasteiger charge is -2.13. The van der Waals surface area contributed by atoms with Crippen LogP contribution in [0.3, 0.4) is 0 Å². The number of para-hydroxylation sites is 2. The van der Waals surface area contributed by atoms with Crippen molar-refractivity contribution in [3.05, 3.63) is 70.1 Å². The van der Waals surface area contributed by atoms with Gasteiger partial charge in [-0.3, -0.25) is 28.4 Å². The average Bonchev–Trinajstić information content (AvgIpc) is 3.14. The number of rotatable bonds is 6. The maximum Gasteiger partial charge on any atom is 0.329 e. The van der Waals surface area contributed by atoms with E-state index in [0.717, 1.165) is 10.4 Å². The van der Waals surface area contributed by atoms with E-state index in [0.29, 0.717) is 23.2 Å². The molecule has 0 atom stereocenters. The van der Waals surface area contributed by atoms with Crippen LogP contribution in [-0.2, 0) is 22.6 Å². The molecule has 2 aromatic carbocycles. The Kier molecular flexibility index (Phi) is 4.75. The lowest BCUT2D eigenvalue weighted by atomic mass is 10.1. The summed E-state index contributed by atoms with van der Waals surface area (Å²) in [4.78, 5) is 50.5. The molecular formula is C21H19N3O5. The van der Waals surface area contributed by atoms with E-state index >= 15 is 0 Å². The number of imide groups is 1. The van der Waals surface area contributed by atoms with Gasteiger partial charge >= 0.3 is 11.7 Å². The predicted molar refractivity (Wildman–Crippen MR) is 105 cm³/mol. The van der Waals surface area contributed by atoms with E-state index < -0.39 is 17.8 Å². The number of hydrogen-bond donors (Lipinski definition) is 0. The van der Waals surface area contributed by atoms with Crippen LogP contribution < -0.4 is 5.69 Å². The minimum atomic E-state index is -0.609. The van der Waals surface area contributed by atoms with Gasteiger partial charge in [-0.15, -0.1) is 0 Å². The number of aromatic nitrogens is 2. The monoisotopic (exact) mass is 393 g/mol. The van der Waals surface area contributed by atoms with E-state index in [-0.39, 0.29) is 25.4 Å². The average molecular weight is 393 g/mol. The van der Waals surface area contributed by atoms with Gasteiger partial charge in [0, 0.05) is 6.54 Å². The number of nitrogens with zero attached hydrogens (tertiary/aromatic N) is 3. The molecule has 29 heavy (non-hydrogen) atoms. The van der Waals surface area contributed by atoms with Crippen LogP contribution in [0.1, 0.15) is 27.6 Å². The number of amides is 2. The van der Waals surface area contributed by atoms with Gasteiger partial charge < -0.3 is 4.74 Å². The lowest BCUT2D eigenvalue weighted by molar-refractivity contribution is -0.144. The maximum atomic E-state index is 12.6. The number of carbonyl (C=O) groups excluding carboxylic acids is 3. The van der Waals surface area contributed by atoms with Crippen molar-refractivity contribution in [3.8, 4) is 0 Å². The van der Waals surface area contributed by atoms with E-state index in [1.807, 2.05) is 19.1 Å². The number of imidazole rings is 1. The summed E-state index contributed by atoms with van der Waals surface area (Å²) in [6.45, 7) is 1.93. The Labute approximate surface area is 165 Å². The summed E-state index contributed by atoms with van der Waals surface area (Å²) in [7, 11) is 0. The molecule has 3 aromatic rings. The van der Waals surface area contributed by atoms with Gasteiger partial charge in [-0.2, -0.15) is 0 Å². The first-order valence-corrected chi connectivity index (χ1v) is 9.31. The van der Waals surface area contributed by atoms with Gasteiger partial charge in [0.15, 0.2) is 0 Å². The fourth-order valence-corrected chi connectivity index (χ4v) is 3.60. The first kappa shape index (κ1) is 18.7. The molecule has 0 saturated heterocycles. The molecule has 0 radical (unpaired) electrons. The molecule has 1 aromatic heterocycles. The highest BCUT2D eigenvalue weighted by atomic mass is 16.5. The minimum Gasteiger partial charge on any atom is -0.462 e. The van der Waals surface area contributed by atoms with Gasteiger partial charge in [0.1, 0.15) is 13.2 Å². The minimum absolute atomic E-state index is 0.0380. The quantitative estimate of drug-likeness (QED) is 0.469. The number of fused-ring (bicyclic) bond motifs is 2. The smallest absolute Gasteiger partial charge is 0.329 e. The Balaban J connectivity index is 1.42. The molecule has 8 nitrogen and oxygen atoms in total. The number of benzene rings is 2. The maximum absolute atomic E-state index is 12.6. The summed E-state index contributed by atoms with van der Waals surface area (Å²) in [6.07, 6.45) is 0. The SMILES string of the molecule is CCn1c(=O)n(CC(=O)OCCN2C(=O)c3ccccc3C2=O)c2ccccc21. The molecule has 148 valence electrons. The summed E-state index contributed by atoms with van der Waals surface area (Å²) in [5, 5.41) is 0. The molecule has 1 aliphatic rings. The van der Waals surface area contributed by atoms with Gasteiger partial charge in [0.2, 0.25) is 0 Å². The molecule has 0 bridgehead atoms. The number of aryl methyl sites for hydroxylation is 1. The van der Waals surface area contributed by atoms with E-state index in [9.17, 15) is 19.2 Å². The van der Waals surface area contributed by atoms with Gasteiger partial charge in [-0.05, 0) is 31.2 Å². The Bertz CT molecular complexity index is 1160. The number of esters is 1. The third-order valence-corrected chi connectivity index (χ3v) is 4.98. The van der Waals surface area contributed by atoms with Crippen molar-refractivity contribution >= 4 is 28.8 Å². The second-order valence-corrected chi connectivity index (χ2v) is 6.63. The molecule has 2 amide bonds. The molecule has 1 aliphatic heterocycles. The molecule has 0 unspecified atom stereocenters. The van der Waals surface area contributed by atoms with Crippen molar-refractivity contribution in [1.29, 1.82) is 0 Å². The largest absolute Gasteiger partial charge is 0.462 e. The van der Waals surface area contributed by atoms with Crippen LogP contribution in [0.2, 0.25) is 0 Å². The van der Waals surface area contributed by atoms with Crippen molar-refractivity contribution in [1.82, 2.24) is 14.0 Å². The van der Waals surface area contributed by atoms with Gasteiger partial charge in [0.05, 0.1) is 28.7 Å². The third kappa shape index (κ3) is 3.12. The van der Waals surface area contributed by atoms with Crippen molar-refractivity contribution < 1.29 is 19.1 Å². The fourth-order valence-electron chi connectivity index (χ4n) is 3.60. The molecule has 2 heterocycles. The Morgan fingerprint density at radius 3 is 2.00 bits per heavy atom. The van der Waals surface area contributed by atoms with Crippen LogP contribution in [-0.4, -0.2) is 45.0 Å². The zero-order valence-corrected chi connectivity index (χ0v) is 15.8. The van der Waals surface area contributed by atoms with Crippen LogP contribution in [0.25, 0.3) is 11.0 Å². The van der Waals surface area contributed by atoms with E-state index in [1.165, 1.54) is 4.57 Å². The molecule has 4 rings (SSSR count). The molecule has 0 saturated carbocycles. The fraction of sp³-hybridized carbons (Fsp3) is 0.238. The Morgan fingerprint density at radius 1 is 0.862 bits per heavy atom. The van der Waals surface area contributed by atoms with Crippen LogP contribution in [0.4, 0.5) is 0 Å². The Hall–Kier alpha value is -3.68. The van der Waals surface area contributed by atoms with Gasteiger partial charge in [-0.25, -0.2) is 4.79 Å². The summed E-state index contributed by atoms with van der Waals surface area (Å²) in [6, 6.07) is 13.8. The van der Waals surface area contributed by atoms with E-state index in [4.69, 9.17) is 4.74 Å². The normalized spacial score (nSPS) is 13.2. The summed E-state index contributed by atoms with van der Waals surface area (Å²) < 4.78 is 8.15. The molecule has 0 fully saturated rings. The van der Waals surface area contributed by atoms with Crippen LogP contribution in [0.15, 0.2) is 53.3 Å². The second kappa shape index (κ2) is 7.38. The van der Waals surface area contributed by atoms with E-state index in [2.05, 4.69) is 0 Å². The number of carbonyl (C=O) groups is 3. The first-order valence-electron chi connectivity index (χ1n) is 9.31. The molecule has 0 spiro atoms. The predicted octanol–water partition coefficient (Wildman–Crippen LogP) is 1.66. The van der Waals surface area contributed by atoms with Crippen LogP contribution in [0, 0.1) is 0 Å². The van der Waals surface area contributed by atoms with Crippen molar-refractivity contribution in [2.75, 3.05) is 13.2 Å². The van der Waals surface area contributed by atoms with Gasteiger partial charge in [-0.1, -0.05) is 24.3 Å². The third-order valence-electron chi connectivity index (χ3n) is 4.98. The van der Waals surface area contributed by atoms with Crippen LogP contribution >= 0.6 is 0 Å². The van der Waals surface area contributed by atoms with E-state index in [1.54, 1.807) is 41.0 Å². The van der Waals surface area contributed by atoms with Crippen molar-refractivity contribution in [3.63, 3.8) is 0 Å². The topological polar surface area (TPSA) is 90.6 Å². The highest BCUT2D eigenvalue weighted by Crippen LogP contribution is 2.22. The lowest BCUT2D eigenvalue weighted by Crippen LogP contribution is -2.34. The standard InChI is InChI=1S/C21H19N3O5/c1-2-22-16-9-5-6-10-17(16)24(21(22)28)13-18(25)29-12-11-23-19(26)14-7-3-4-8-15(14)20(23)27/h3-10H,2,11-13H2,1H3. The van der Waals surface area contributed by atoms with Gasteiger partial charge in [0.25, 0.3) is 11.8 Å². The highest BCUT2D eigenvalue weighted by Gasteiger charge is 2.34. The molecular weight excluding hydrogens is 374 g/mol. The van der Waals surface area contributed by atoms with Crippen molar-refractivity contribution in [2.45, 2.75) is 20.0 Å². The summed E-state index contributed by atoms with van der Waals surface area (Å²) in [5.74, 6) is -1.41. The second-order valence-electron chi connectivity index (χ2n) is 6.63. The number of ether oxygens (including phenoxy) is 1. The Morgan fingerprint density at radius 2 is 1.41 bits per heavy atom. The zero-order chi connectivity index (χ0) is 20.5. The molecule has 0 aliphatic carbocycles. The summed E-state index contributed by atoms with van der Waals surface area (Å²) in [5.41, 5.74) is 1.81. The molecule has 8 heteroatoms. The van der Waals surface area contributed by atoms with Crippen molar-refractivity contribution in [2.24, 2.45) is 0 Å². The molecule has 0 N–H and O–H groups in total. The van der Waals surface area contributed by atoms with Crippen LogP contribution in [0.5, 0.6) is 0 Å². The summed E-state index contributed by atoms with van der Waals surface area (Å²) >= 11 is 0. The first-order chi connectivity index (χ1) is 14.0. The highest BCUT2D eigenvalue weighted by molar-refractivity contribution is 6.21. The number of hydrogen-bond acceptors (Lipinski definition) is 5. The zero-order valence-electron chi connectivity index (χ0n) is 15.8.